The molecule has 0 bridgehead atoms. The van der Waals surface area contributed by atoms with Crippen LogP contribution in [-0.2, 0) is 4.74 Å². The van der Waals surface area contributed by atoms with Gasteiger partial charge in [-0.25, -0.2) is 19.4 Å². The first-order chi connectivity index (χ1) is 17.0. The van der Waals surface area contributed by atoms with Crippen LogP contribution in [-0.4, -0.2) is 49.9 Å². The van der Waals surface area contributed by atoms with Crippen molar-refractivity contribution in [3.8, 4) is 22.8 Å². The van der Waals surface area contributed by atoms with Crippen molar-refractivity contribution in [2.75, 3.05) is 18.8 Å². The van der Waals surface area contributed by atoms with Crippen LogP contribution in [0.1, 0.15) is 32.7 Å². The molecule has 0 unspecified atom stereocenters. The average molecular weight is 473 g/mol. The van der Waals surface area contributed by atoms with Crippen molar-refractivity contribution in [1.29, 1.82) is 0 Å². The molecule has 1 fully saturated rings. The highest BCUT2D eigenvalue weighted by molar-refractivity contribution is 5.98. The number of hydrogen-bond donors (Lipinski definition) is 1. The number of rotatable bonds is 5. The van der Waals surface area contributed by atoms with E-state index in [9.17, 15) is 4.79 Å². The molecule has 1 atom stereocenters. The van der Waals surface area contributed by atoms with Gasteiger partial charge in [0, 0.05) is 18.7 Å². The van der Waals surface area contributed by atoms with Crippen molar-refractivity contribution in [2.45, 2.75) is 38.8 Å². The van der Waals surface area contributed by atoms with E-state index in [0.29, 0.717) is 35.6 Å². The van der Waals surface area contributed by atoms with Crippen molar-refractivity contribution in [1.82, 2.24) is 24.6 Å². The molecule has 2 N–H and O–H groups in total. The lowest BCUT2D eigenvalue weighted by molar-refractivity contribution is 0.0629. The highest BCUT2D eigenvalue weighted by Crippen LogP contribution is 2.35. The molecule has 0 saturated carbocycles. The zero-order valence-corrected chi connectivity index (χ0v) is 19.8. The number of carbonyl (C=O) groups excluding carboxylic acids is 1. The van der Waals surface area contributed by atoms with E-state index < -0.39 is 0 Å². The predicted molar refractivity (Wildman–Crippen MR) is 133 cm³/mol. The lowest BCUT2D eigenvalue weighted by atomic mass is 10.1. The maximum atomic E-state index is 12.5. The summed E-state index contributed by atoms with van der Waals surface area (Å²) in [4.78, 5) is 23.0. The fourth-order valence-electron chi connectivity index (χ4n) is 4.35. The number of carbonyl (C=O) groups is 1. The maximum absolute atomic E-state index is 12.5. The number of para-hydroxylation sites is 1. The topological polar surface area (TPSA) is 108 Å². The van der Waals surface area contributed by atoms with E-state index in [1.807, 2.05) is 73.1 Å². The van der Waals surface area contributed by atoms with Gasteiger partial charge in [-0.1, -0.05) is 18.2 Å². The quantitative estimate of drug-likeness (QED) is 0.433. The Bertz CT molecular complexity index is 1320. The van der Waals surface area contributed by atoms with Gasteiger partial charge < -0.3 is 20.1 Å². The minimum atomic E-state index is -0.301. The molecule has 1 amide bonds. The fraction of sp³-hybridized carbons (Fsp3) is 0.308. The normalized spacial score (nSPS) is 16.0. The Morgan fingerprint density at radius 1 is 1.06 bits per heavy atom. The van der Waals surface area contributed by atoms with Gasteiger partial charge in [0.1, 0.15) is 29.3 Å². The third-order valence-corrected chi connectivity index (χ3v) is 5.96. The van der Waals surface area contributed by atoms with E-state index in [0.717, 1.165) is 29.9 Å². The smallest absolute Gasteiger partial charge is 0.410 e. The summed E-state index contributed by atoms with van der Waals surface area (Å²) in [6.45, 7) is 4.86. The van der Waals surface area contributed by atoms with Crippen molar-refractivity contribution in [2.24, 2.45) is 0 Å². The average Bonchev–Trinajstić information content (AvgIpc) is 3.26. The SMILES string of the molecule is CC(C)OC(=O)N1CCC[C@@H](n2nc(-c3ccc(Oc4ccccc4)cc3)c3c(N)ncnc32)C1. The summed E-state index contributed by atoms with van der Waals surface area (Å²) >= 11 is 0. The largest absolute Gasteiger partial charge is 0.457 e. The molecule has 9 heteroatoms. The number of nitrogen functional groups attached to an aromatic ring is 1. The zero-order valence-electron chi connectivity index (χ0n) is 19.8. The molecule has 35 heavy (non-hydrogen) atoms. The van der Waals surface area contributed by atoms with Crippen LogP contribution >= 0.6 is 0 Å². The summed E-state index contributed by atoms with van der Waals surface area (Å²) in [5.74, 6) is 1.86. The predicted octanol–water partition coefficient (Wildman–Crippen LogP) is 5.05. The summed E-state index contributed by atoms with van der Waals surface area (Å²) in [6, 6.07) is 17.3. The minimum Gasteiger partial charge on any atom is -0.457 e. The highest BCUT2D eigenvalue weighted by atomic mass is 16.6. The van der Waals surface area contributed by atoms with E-state index in [1.165, 1.54) is 6.33 Å². The van der Waals surface area contributed by atoms with E-state index in [4.69, 9.17) is 20.3 Å². The number of hydrogen-bond acceptors (Lipinski definition) is 7. The van der Waals surface area contributed by atoms with Crippen molar-refractivity contribution in [3.05, 3.63) is 60.9 Å². The molecule has 5 rings (SSSR count). The van der Waals surface area contributed by atoms with Crippen LogP contribution in [0.5, 0.6) is 11.5 Å². The summed E-state index contributed by atoms with van der Waals surface area (Å²) in [6.07, 6.45) is 2.70. The van der Waals surface area contributed by atoms with Gasteiger partial charge in [-0.3, -0.25) is 0 Å². The second-order valence-electron chi connectivity index (χ2n) is 8.86. The Morgan fingerprint density at radius 3 is 2.54 bits per heavy atom. The number of anilines is 1. The molecule has 2 aromatic carbocycles. The van der Waals surface area contributed by atoms with Crippen LogP contribution in [0, 0.1) is 0 Å². The van der Waals surface area contributed by atoms with Gasteiger partial charge in [-0.15, -0.1) is 0 Å². The lowest BCUT2D eigenvalue weighted by Crippen LogP contribution is -2.42. The molecule has 0 aliphatic carbocycles. The van der Waals surface area contributed by atoms with Gasteiger partial charge in [0.2, 0.25) is 0 Å². The molecule has 1 aliphatic heterocycles. The van der Waals surface area contributed by atoms with Gasteiger partial charge in [0.05, 0.1) is 17.5 Å². The Hall–Kier alpha value is -4.14. The van der Waals surface area contributed by atoms with Crippen LogP contribution in [0.2, 0.25) is 0 Å². The summed E-state index contributed by atoms with van der Waals surface area (Å²) in [5, 5.41) is 5.63. The number of ether oxygens (including phenoxy) is 2. The Labute approximate surface area is 203 Å². The van der Waals surface area contributed by atoms with Crippen molar-refractivity contribution < 1.29 is 14.3 Å². The number of fused-ring (bicyclic) bond motifs is 1. The number of piperidine rings is 1. The summed E-state index contributed by atoms with van der Waals surface area (Å²) < 4.78 is 13.2. The van der Waals surface area contributed by atoms with Crippen LogP contribution in [0.15, 0.2) is 60.9 Å². The first-order valence-corrected chi connectivity index (χ1v) is 11.8. The van der Waals surface area contributed by atoms with Gasteiger partial charge in [0.15, 0.2) is 5.65 Å². The van der Waals surface area contributed by atoms with Crippen LogP contribution in [0.4, 0.5) is 10.6 Å². The number of nitrogens with zero attached hydrogens (tertiary/aromatic N) is 5. The number of likely N-dealkylation sites (tertiary alicyclic amines) is 1. The van der Waals surface area contributed by atoms with E-state index >= 15 is 0 Å². The summed E-state index contributed by atoms with van der Waals surface area (Å²) in [5.41, 5.74) is 8.52. The van der Waals surface area contributed by atoms with Crippen molar-refractivity contribution in [3.63, 3.8) is 0 Å². The van der Waals surface area contributed by atoms with E-state index in [1.54, 1.807) is 4.90 Å². The molecular formula is C26H28N6O3. The fourth-order valence-corrected chi connectivity index (χ4v) is 4.35. The molecule has 4 aromatic rings. The standard InChI is InChI=1S/C26H28N6O3/c1-17(2)34-26(33)31-14-6-7-19(15-31)32-25-22(24(27)28-16-29-25)23(30-32)18-10-12-21(13-11-18)35-20-8-4-3-5-9-20/h3-5,8-13,16-17,19H,6-7,14-15H2,1-2H3,(H2,27,28,29)/t19-/m1/s1. The molecular weight excluding hydrogens is 444 g/mol. The number of aromatic nitrogens is 4. The van der Waals surface area contributed by atoms with E-state index in [2.05, 4.69) is 9.97 Å². The molecule has 3 heterocycles. The molecule has 1 saturated heterocycles. The number of nitrogens with two attached hydrogens (primary N) is 1. The third kappa shape index (κ3) is 4.75. The molecule has 180 valence electrons. The van der Waals surface area contributed by atoms with Crippen LogP contribution in [0.25, 0.3) is 22.3 Å². The minimum absolute atomic E-state index is 0.0466. The highest BCUT2D eigenvalue weighted by Gasteiger charge is 2.29. The first-order valence-electron chi connectivity index (χ1n) is 11.8. The van der Waals surface area contributed by atoms with Crippen LogP contribution < -0.4 is 10.5 Å². The number of benzene rings is 2. The summed E-state index contributed by atoms with van der Waals surface area (Å²) in [7, 11) is 0. The second-order valence-corrected chi connectivity index (χ2v) is 8.86. The number of amides is 1. The molecule has 0 radical (unpaired) electrons. The Balaban J connectivity index is 1.46. The van der Waals surface area contributed by atoms with Crippen LogP contribution in [0.3, 0.4) is 0 Å². The van der Waals surface area contributed by atoms with E-state index in [-0.39, 0.29) is 18.2 Å². The molecule has 0 spiro atoms. The Morgan fingerprint density at radius 2 is 1.80 bits per heavy atom. The monoisotopic (exact) mass is 472 g/mol. The van der Waals surface area contributed by atoms with Gasteiger partial charge in [-0.05, 0) is 63.1 Å². The maximum Gasteiger partial charge on any atom is 0.410 e. The third-order valence-electron chi connectivity index (χ3n) is 5.96. The lowest BCUT2D eigenvalue weighted by Gasteiger charge is -2.32. The van der Waals surface area contributed by atoms with Gasteiger partial charge in [0.25, 0.3) is 0 Å². The Kier molecular flexibility index (Phi) is 6.22. The molecule has 2 aromatic heterocycles. The van der Waals surface area contributed by atoms with Gasteiger partial charge in [-0.2, -0.15) is 5.10 Å². The van der Waals surface area contributed by atoms with Gasteiger partial charge >= 0.3 is 6.09 Å². The first kappa shape index (κ1) is 22.6. The molecule has 9 nitrogen and oxygen atoms in total. The zero-order chi connectivity index (χ0) is 24.4. The second kappa shape index (κ2) is 9.61. The van der Waals surface area contributed by atoms with Crippen molar-refractivity contribution >= 4 is 22.9 Å². The molecule has 1 aliphatic rings.